The van der Waals surface area contributed by atoms with Crippen LogP contribution in [-0.2, 0) is 6.54 Å². The van der Waals surface area contributed by atoms with Gasteiger partial charge in [0.15, 0.2) is 5.82 Å². The van der Waals surface area contributed by atoms with Crippen molar-refractivity contribution in [3.63, 3.8) is 0 Å². The van der Waals surface area contributed by atoms with Gasteiger partial charge in [-0.2, -0.15) is 0 Å². The molecule has 0 bridgehead atoms. The van der Waals surface area contributed by atoms with Crippen LogP contribution in [0.5, 0.6) is 0 Å². The van der Waals surface area contributed by atoms with Gasteiger partial charge in [-0.3, -0.25) is 0 Å². The van der Waals surface area contributed by atoms with E-state index >= 15 is 0 Å². The fourth-order valence-corrected chi connectivity index (χ4v) is 2.42. The average Bonchev–Trinajstić information content (AvgIpc) is 2.36. The number of aromatic nitrogens is 2. The van der Waals surface area contributed by atoms with Gasteiger partial charge in [0, 0.05) is 40.1 Å². The van der Waals surface area contributed by atoms with Crippen molar-refractivity contribution in [2.75, 3.05) is 0 Å². The van der Waals surface area contributed by atoms with Crippen LogP contribution in [0.2, 0.25) is 0 Å². The lowest BCUT2D eigenvalue weighted by Gasteiger charge is -2.20. The molecular formula is C16H20BrN3. The summed E-state index contributed by atoms with van der Waals surface area (Å²) in [7, 11) is 0. The number of aryl methyl sites for hydroxylation is 1. The summed E-state index contributed by atoms with van der Waals surface area (Å²) in [6, 6.07) is 6.19. The van der Waals surface area contributed by atoms with Gasteiger partial charge >= 0.3 is 0 Å². The molecule has 3 nitrogen and oxygen atoms in total. The molecule has 0 saturated heterocycles. The Hall–Kier alpha value is -1.26. The molecule has 4 heteroatoms. The van der Waals surface area contributed by atoms with E-state index in [1.54, 1.807) is 0 Å². The predicted octanol–water partition coefficient (Wildman–Crippen LogP) is 4.10. The molecule has 0 amide bonds. The molecule has 2 rings (SSSR count). The molecule has 0 unspecified atom stereocenters. The minimum absolute atomic E-state index is 0.0959. The first-order valence-electron chi connectivity index (χ1n) is 6.68. The van der Waals surface area contributed by atoms with E-state index in [1.807, 2.05) is 18.5 Å². The number of hydrogen-bond donors (Lipinski definition) is 1. The van der Waals surface area contributed by atoms with Crippen LogP contribution in [0, 0.1) is 6.92 Å². The topological polar surface area (TPSA) is 37.8 Å². The minimum Gasteiger partial charge on any atom is -0.308 e. The third kappa shape index (κ3) is 4.12. The maximum absolute atomic E-state index is 4.46. The van der Waals surface area contributed by atoms with Gasteiger partial charge in [0.2, 0.25) is 0 Å². The van der Waals surface area contributed by atoms with Crippen molar-refractivity contribution >= 4 is 15.9 Å². The van der Waals surface area contributed by atoms with E-state index in [2.05, 4.69) is 71.0 Å². The van der Waals surface area contributed by atoms with Gasteiger partial charge in [-0.15, -0.1) is 0 Å². The van der Waals surface area contributed by atoms with Gasteiger partial charge in [0.1, 0.15) is 0 Å². The van der Waals surface area contributed by atoms with Gasteiger partial charge in [-0.1, -0.05) is 22.0 Å². The Morgan fingerprint density at radius 3 is 2.35 bits per heavy atom. The Morgan fingerprint density at radius 2 is 1.80 bits per heavy atom. The summed E-state index contributed by atoms with van der Waals surface area (Å²) >= 11 is 3.57. The molecule has 0 atom stereocenters. The fourth-order valence-electron chi connectivity index (χ4n) is 1.75. The van der Waals surface area contributed by atoms with Crippen LogP contribution in [0.3, 0.4) is 0 Å². The summed E-state index contributed by atoms with van der Waals surface area (Å²) in [5, 5.41) is 3.43. The predicted molar refractivity (Wildman–Crippen MR) is 86.5 cm³/mol. The van der Waals surface area contributed by atoms with Crippen molar-refractivity contribution in [2.24, 2.45) is 0 Å². The third-order valence-corrected chi connectivity index (χ3v) is 3.55. The maximum Gasteiger partial charge on any atom is 0.160 e. The van der Waals surface area contributed by atoms with Crippen LogP contribution in [0.25, 0.3) is 11.4 Å². The Bertz CT molecular complexity index is 586. The van der Waals surface area contributed by atoms with Crippen molar-refractivity contribution in [1.82, 2.24) is 15.3 Å². The molecule has 0 aliphatic carbocycles. The molecule has 0 radical (unpaired) electrons. The zero-order valence-electron chi connectivity index (χ0n) is 12.4. The molecule has 1 N–H and O–H groups in total. The first-order valence-corrected chi connectivity index (χ1v) is 7.47. The highest BCUT2D eigenvalue weighted by molar-refractivity contribution is 9.10. The van der Waals surface area contributed by atoms with Crippen molar-refractivity contribution in [2.45, 2.75) is 39.8 Å². The smallest absolute Gasteiger partial charge is 0.160 e. The summed E-state index contributed by atoms with van der Waals surface area (Å²) in [6.45, 7) is 9.28. The molecular weight excluding hydrogens is 314 g/mol. The summed E-state index contributed by atoms with van der Waals surface area (Å²) in [5.74, 6) is 0.747. The van der Waals surface area contributed by atoms with Gasteiger partial charge < -0.3 is 5.32 Å². The largest absolute Gasteiger partial charge is 0.308 e. The lowest BCUT2D eigenvalue weighted by Crippen LogP contribution is -2.35. The SMILES string of the molecule is Cc1ccc(-c2ncc(CNC(C)(C)C)cn2)c(Br)c1. The average molecular weight is 334 g/mol. The van der Waals surface area contributed by atoms with Crippen LogP contribution in [0.1, 0.15) is 31.9 Å². The molecule has 0 aliphatic rings. The number of hydrogen-bond acceptors (Lipinski definition) is 3. The molecule has 0 saturated carbocycles. The fraction of sp³-hybridized carbons (Fsp3) is 0.375. The van der Waals surface area contributed by atoms with Gasteiger partial charge in [0.25, 0.3) is 0 Å². The van der Waals surface area contributed by atoms with Crippen molar-refractivity contribution in [1.29, 1.82) is 0 Å². The molecule has 1 heterocycles. The maximum atomic E-state index is 4.46. The Kier molecular flexibility index (Phi) is 4.55. The van der Waals surface area contributed by atoms with E-state index in [9.17, 15) is 0 Å². The number of nitrogens with zero attached hydrogens (tertiary/aromatic N) is 2. The molecule has 20 heavy (non-hydrogen) atoms. The second-order valence-corrected chi connectivity index (χ2v) is 6.86. The van der Waals surface area contributed by atoms with Crippen molar-refractivity contribution < 1.29 is 0 Å². The monoisotopic (exact) mass is 333 g/mol. The van der Waals surface area contributed by atoms with E-state index in [0.29, 0.717) is 0 Å². The number of nitrogens with one attached hydrogen (secondary N) is 1. The normalized spacial score (nSPS) is 11.7. The van der Waals surface area contributed by atoms with Crippen molar-refractivity contribution in [3.05, 3.63) is 46.2 Å². The van der Waals surface area contributed by atoms with Crippen LogP contribution in [0.15, 0.2) is 35.1 Å². The molecule has 2 aromatic rings. The highest BCUT2D eigenvalue weighted by atomic mass is 79.9. The van der Waals surface area contributed by atoms with Crippen LogP contribution in [-0.4, -0.2) is 15.5 Å². The second kappa shape index (κ2) is 6.02. The number of rotatable bonds is 3. The second-order valence-electron chi connectivity index (χ2n) is 6.00. The number of halogens is 1. The molecule has 0 spiro atoms. The van der Waals surface area contributed by atoms with Crippen LogP contribution < -0.4 is 5.32 Å². The molecule has 1 aromatic carbocycles. The quantitative estimate of drug-likeness (QED) is 0.918. The summed E-state index contributed by atoms with van der Waals surface area (Å²) in [6.07, 6.45) is 3.76. The summed E-state index contributed by atoms with van der Waals surface area (Å²) in [5.41, 5.74) is 3.42. The molecule has 1 aromatic heterocycles. The minimum atomic E-state index is 0.0959. The Balaban J connectivity index is 2.15. The van der Waals surface area contributed by atoms with Crippen molar-refractivity contribution in [3.8, 4) is 11.4 Å². The lowest BCUT2D eigenvalue weighted by molar-refractivity contribution is 0.423. The highest BCUT2D eigenvalue weighted by Gasteiger charge is 2.10. The van der Waals surface area contributed by atoms with Crippen LogP contribution >= 0.6 is 15.9 Å². The van der Waals surface area contributed by atoms with E-state index in [-0.39, 0.29) is 5.54 Å². The lowest BCUT2D eigenvalue weighted by atomic mass is 10.1. The van der Waals surface area contributed by atoms with E-state index in [1.165, 1.54) is 5.56 Å². The first-order chi connectivity index (χ1) is 9.35. The zero-order valence-corrected chi connectivity index (χ0v) is 14.0. The van der Waals surface area contributed by atoms with Gasteiger partial charge in [-0.05, 0) is 45.4 Å². The van der Waals surface area contributed by atoms with E-state index in [4.69, 9.17) is 0 Å². The van der Waals surface area contributed by atoms with E-state index < -0.39 is 0 Å². The number of benzene rings is 1. The summed E-state index contributed by atoms with van der Waals surface area (Å²) in [4.78, 5) is 8.92. The first kappa shape index (κ1) is 15.1. The third-order valence-electron chi connectivity index (χ3n) is 2.89. The summed E-state index contributed by atoms with van der Waals surface area (Å²) < 4.78 is 1.03. The van der Waals surface area contributed by atoms with Crippen LogP contribution in [0.4, 0.5) is 0 Å². The highest BCUT2D eigenvalue weighted by Crippen LogP contribution is 2.26. The van der Waals surface area contributed by atoms with Gasteiger partial charge in [0.05, 0.1) is 0 Å². The molecule has 0 aliphatic heterocycles. The Labute approximate surface area is 129 Å². The van der Waals surface area contributed by atoms with E-state index in [0.717, 1.165) is 28.0 Å². The molecule has 0 fully saturated rings. The zero-order chi connectivity index (χ0) is 14.8. The Morgan fingerprint density at radius 1 is 1.15 bits per heavy atom. The molecule has 106 valence electrons. The standard InChI is InChI=1S/C16H20BrN3/c1-11-5-6-13(14(17)7-11)15-18-8-12(9-19-15)10-20-16(2,3)4/h5-9,20H,10H2,1-4H3. The van der Waals surface area contributed by atoms with Gasteiger partial charge in [-0.25, -0.2) is 9.97 Å².